The number of hydrogen-bond donors (Lipinski definition) is 0. The summed E-state index contributed by atoms with van der Waals surface area (Å²) in [5.74, 6) is 1.99. The molecule has 0 bridgehead atoms. The van der Waals surface area contributed by atoms with E-state index in [9.17, 15) is 0 Å². The van der Waals surface area contributed by atoms with Crippen LogP contribution in [0.3, 0.4) is 0 Å². The molecule has 0 N–H and O–H groups in total. The van der Waals surface area contributed by atoms with Crippen LogP contribution in [0.15, 0.2) is 54.6 Å². The summed E-state index contributed by atoms with van der Waals surface area (Å²) >= 11 is 0. The molecule has 3 aliphatic rings. The molecule has 4 nitrogen and oxygen atoms in total. The van der Waals surface area contributed by atoms with Gasteiger partial charge in [0.05, 0.1) is 18.9 Å². The molecule has 1 aliphatic heterocycles. The van der Waals surface area contributed by atoms with E-state index in [-0.39, 0.29) is 5.41 Å². The third kappa shape index (κ3) is 3.25. The lowest BCUT2D eigenvalue weighted by Gasteiger charge is -2.45. The predicted octanol–water partition coefficient (Wildman–Crippen LogP) is 5.41. The quantitative estimate of drug-likeness (QED) is 0.565. The Morgan fingerprint density at radius 2 is 1.55 bits per heavy atom. The van der Waals surface area contributed by atoms with Crippen LogP contribution in [0.25, 0.3) is 22.6 Å². The number of benzene rings is 2. The van der Waals surface area contributed by atoms with Crippen molar-refractivity contribution in [1.82, 2.24) is 9.97 Å². The van der Waals surface area contributed by atoms with Gasteiger partial charge in [-0.05, 0) is 24.8 Å². The Labute approximate surface area is 184 Å². The zero-order valence-corrected chi connectivity index (χ0v) is 18.0. The highest BCUT2D eigenvalue weighted by Gasteiger charge is 2.44. The van der Waals surface area contributed by atoms with Gasteiger partial charge < -0.3 is 9.64 Å². The summed E-state index contributed by atoms with van der Waals surface area (Å²) in [5, 5.41) is 0. The zero-order chi connectivity index (χ0) is 20.7. The van der Waals surface area contributed by atoms with E-state index in [1.165, 1.54) is 54.5 Å². The molecule has 0 unspecified atom stereocenters. The van der Waals surface area contributed by atoms with Crippen LogP contribution in [0, 0.1) is 0 Å². The van der Waals surface area contributed by atoms with E-state index in [1.54, 1.807) is 0 Å². The summed E-state index contributed by atoms with van der Waals surface area (Å²) in [7, 11) is 0. The van der Waals surface area contributed by atoms with Gasteiger partial charge in [-0.3, -0.25) is 0 Å². The third-order valence-corrected chi connectivity index (χ3v) is 7.37. The maximum Gasteiger partial charge on any atom is 0.162 e. The topological polar surface area (TPSA) is 38.2 Å². The van der Waals surface area contributed by atoms with E-state index in [0.717, 1.165) is 49.9 Å². The average Bonchev–Trinajstić information content (AvgIpc) is 2.85. The van der Waals surface area contributed by atoms with Crippen LogP contribution in [-0.2, 0) is 16.6 Å². The van der Waals surface area contributed by atoms with Crippen LogP contribution in [-0.4, -0.2) is 36.3 Å². The molecule has 1 saturated carbocycles. The van der Waals surface area contributed by atoms with Crippen molar-refractivity contribution in [1.29, 1.82) is 0 Å². The molecule has 1 aromatic heterocycles. The molecule has 0 amide bonds. The van der Waals surface area contributed by atoms with Gasteiger partial charge in [0.15, 0.2) is 5.82 Å². The molecule has 0 atom stereocenters. The van der Waals surface area contributed by atoms with Crippen LogP contribution in [0.5, 0.6) is 0 Å². The molecule has 2 aliphatic carbocycles. The second kappa shape index (κ2) is 7.76. The van der Waals surface area contributed by atoms with Crippen molar-refractivity contribution < 1.29 is 4.74 Å². The van der Waals surface area contributed by atoms with Gasteiger partial charge in [-0.1, -0.05) is 73.9 Å². The van der Waals surface area contributed by atoms with Crippen molar-refractivity contribution in [2.75, 3.05) is 31.2 Å². The number of hydrogen-bond acceptors (Lipinski definition) is 4. The van der Waals surface area contributed by atoms with E-state index in [4.69, 9.17) is 14.7 Å². The van der Waals surface area contributed by atoms with Gasteiger partial charge in [-0.2, -0.15) is 0 Å². The van der Waals surface area contributed by atoms with Crippen LogP contribution in [0.2, 0.25) is 0 Å². The minimum absolute atomic E-state index is 0.158. The number of rotatable bonds is 2. The maximum absolute atomic E-state index is 5.69. The third-order valence-electron chi connectivity index (χ3n) is 7.37. The first-order valence-electron chi connectivity index (χ1n) is 11.7. The molecule has 31 heavy (non-hydrogen) atoms. The number of morpholine rings is 1. The van der Waals surface area contributed by atoms with Crippen LogP contribution >= 0.6 is 0 Å². The van der Waals surface area contributed by atoms with Crippen molar-refractivity contribution in [3.63, 3.8) is 0 Å². The van der Waals surface area contributed by atoms with Gasteiger partial charge in [0, 0.05) is 35.2 Å². The minimum atomic E-state index is 0.158. The highest BCUT2D eigenvalue weighted by atomic mass is 16.5. The Bertz CT molecular complexity index is 1080. The second-order valence-corrected chi connectivity index (χ2v) is 9.23. The summed E-state index contributed by atoms with van der Waals surface area (Å²) in [5.41, 5.74) is 6.56. The smallest absolute Gasteiger partial charge is 0.162 e. The SMILES string of the molecule is c1ccc(-c2nc3c(c(N4CCOCC4)n2)C2(CCCCC2)Cc2ccccc2-3)cc1. The molecule has 1 spiro atoms. The highest BCUT2D eigenvalue weighted by Crippen LogP contribution is 2.53. The normalized spacial score (nSPS) is 19.7. The van der Waals surface area contributed by atoms with Gasteiger partial charge in [-0.15, -0.1) is 0 Å². The Hall–Kier alpha value is -2.72. The molecule has 158 valence electrons. The molecule has 1 saturated heterocycles. The summed E-state index contributed by atoms with van der Waals surface area (Å²) in [6.45, 7) is 3.33. The van der Waals surface area contributed by atoms with Gasteiger partial charge in [-0.25, -0.2) is 9.97 Å². The molecule has 0 radical (unpaired) electrons. The lowest BCUT2D eigenvalue weighted by molar-refractivity contribution is 0.122. The summed E-state index contributed by atoms with van der Waals surface area (Å²) in [6.07, 6.45) is 7.52. The van der Waals surface area contributed by atoms with Crippen molar-refractivity contribution in [3.05, 3.63) is 65.7 Å². The zero-order valence-electron chi connectivity index (χ0n) is 18.0. The lowest BCUT2D eigenvalue weighted by atomic mass is 9.62. The largest absolute Gasteiger partial charge is 0.378 e. The van der Waals surface area contributed by atoms with Crippen molar-refractivity contribution in [2.45, 2.75) is 43.9 Å². The fourth-order valence-corrected chi connectivity index (χ4v) is 5.87. The number of ether oxygens (including phenoxy) is 1. The summed E-state index contributed by atoms with van der Waals surface area (Å²) < 4.78 is 5.69. The Morgan fingerprint density at radius 1 is 0.806 bits per heavy atom. The Kier molecular flexibility index (Phi) is 4.76. The Balaban J connectivity index is 1.63. The monoisotopic (exact) mass is 411 g/mol. The number of anilines is 1. The molecular formula is C27H29N3O. The Morgan fingerprint density at radius 3 is 2.35 bits per heavy atom. The molecular weight excluding hydrogens is 382 g/mol. The molecule has 3 aromatic rings. The van der Waals surface area contributed by atoms with Gasteiger partial charge >= 0.3 is 0 Å². The van der Waals surface area contributed by atoms with E-state index in [2.05, 4.69) is 59.5 Å². The minimum Gasteiger partial charge on any atom is -0.378 e. The lowest BCUT2D eigenvalue weighted by Crippen LogP contribution is -2.42. The van der Waals surface area contributed by atoms with E-state index >= 15 is 0 Å². The predicted molar refractivity (Wildman–Crippen MR) is 124 cm³/mol. The first-order valence-corrected chi connectivity index (χ1v) is 11.7. The van der Waals surface area contributed by atoms with Gasteiger partial charge in [0.1, 0.15) is 5.82 Å². The maximum atomic E-state index is 5.69. The second-order valence-electron chi connectivity index (χ2n) is 9.23. The van der Waals surface area contributed by atoms with Crippen molar-refractivity contribution >= 4 is 5.82 Å². The molecule has 2 aromatic carbocycles. The van der Waals surface area contributed by atoms with Crippen molar-refractivity contribution in [2.24, 2.45) is 0 Å². The van der Waals surface area contributed by atoms with Crippen LogP contribution < -0.4 is 4.90 Å². The number of nitrogens with zero attached hydrogens (tertiary/aromatic N) is 3. The molecule has 4 heteroatoms. The average molecular weight is 412 g/mol. The summed E-state index contributed by atoms with van der Waals surface area (Å²) in [4.78, 5) is 13.0. The number of fused-ring (bicyclic) bond motifs is 4. The van der Waals surface area contributed by atoms with Crippen LogP contribution in [0.4, 0.5) is 5.82 Å². The fraction of sp³-hybridized carbons (Fsp3) is 0.407. The molecule has 6 rings (SSSR count). The van der Waals surface area contributed by atoms with Gasteiger partial charge in [0.25, 0.3) is 0 Å². The first kappa shape index (κ1) is 19.0. The first-order chi connectivity index (χ1) is 15.3. The van der Waals surface area contributed by atoms with E-state index in [0.29, 0.717) is 0 Å². The number of aromatic nitrogens is 2. The molecule has 2 fully saturated rings. The highest BCUT2D eigenvalue weighted by molar-refractivity contribution is 5.79. The van der Waals surface area contributed by atoms with Crippen LogP contribution in [0.1, 0.15) is 43.2 Å². The van der Waals surface area contributed by atoms with Gasteiger partial charge in [0.2, 0.25) is 0 Å². The van der Waals surface area contributed by atoms with E-state index in [1.807, 2.05) is 0 Å². The summed E-state index contributed by atoms with van der Waals surface area (Å²) in [6, 6.07) is 19.3. The standard InChI is InChI=1S/C27H29N3O/c1-3-9-20(10-4-1)25-28-24-22-12-6-5-11-21(22)19-27(13-7-2-8-14-27)23(24)26(29-25)30-15-17-31-18-16-30/h1,3-6,9-12H,2,7-8,13-19H2. The molecule has 2 heterocycles. The fourth-order valence-electron chi connectivity index (χ4n) is 5.87. The van der Waals surface area contributed by atoms with Crippen molar-refractivity contribution in [3.8, 4) is 22.6 Å². The van der Waals surface area contributed by atoms with E-state index < -0.39 is 0 Å².